The van der Waals surface area contributed by atoms with Crippen LogP contribution < -0.4 is 5.32 Å². The van der Waals surface area contributed by atoms with Crippen molar-refractivity contribution in [2.24, 2.45) is 0 Å². The van der Waals surface area contributed by atoms with Gasteiger partial charge in [-0.05, 0) is 44.0 Å². The fourth-order valence-electron chi connectivity index (χ4n) is 1.98. The normalized spacial score (nSPS) is 19.1. The fourth-order valence-corrected chi connectivity index (χ4v) is 3.30. The molecule has 0 aliphatic carbocycles. The molecular formula is C13H19NS. The van der Waals surface area contributed by atoms with Crippen molar-refractivity contribution in [2.45, 2.75) is 36.3 Å². The lowest BCUT2D eigenvalue weighted by Crippen LogP contribution is -2.19. The zero-order valence-corrected chi connectivity index (χ0v) is 10.1. The van der Waals surface area contributed by atoms with Gasteiger partial charge in [0.05, 0.1) is 0 Å². The number of fused-ring (bicyclic) bond motifs is 1. The van der Waals surface area contributed by atoms with E-state index in [4.69, 9.17) is 0 Å². The molecular weight excluding hydrogens is 202 g/mol. The van der Waals surface area contributed by atoms with Gasteiger partial charge >= 0.3 is 0 Å². The van der Waals surface area contributed by atoms with E-state index in [1.807, 2.05) is 0 Å². The SMILES string of the molecule is CCCNCCC1Cc2ccccc2S1. The van der Waals surface area contributed by atoms with Gasteiger partial charge in [0.25, 0.3) is 0 Å². The third-order valence-electron chi connectivity index (χ3n) is 2.78. The lowest BCUT2D eigenvalue weighted by Gasteiger charge is -2.08. The summed E-state index contributed by atoms with van der Waals surface area (Å²) < 4.78 is 0. The summed E-state index contributed by atoms with van der Waals surface area (Å²) in [6, 6.07) is 8.81. The molecule has 1 aromatic carbocycles. The van der Waals surface area contributed by atoms with E-state index in [1.54, 1.807) is 5.56 Å². The van der Waals surface area contributed by atoms with Crippen molar-refractivity contribution in [3.05, 3.63) is 29.8 Å². The number of hydrogen-bond donors (Lipinski definition) is 1. The molecule has 1 N–H and O–H groups in total. The Morgan fingerprint density at radius 3 is 3.00 bits per heavy atom. The minimum atomic E-state index is 0.798. The van der Waals surface area contributed by atoms with E-state index < -0.39 is 0 Å². The molecule has 0 saturated carbocycles. The van der Waals surface area contributed by atoms with Crippen LogP contribution in [-0.2, 0) is 6.42 Å². The van der Waals surface area contributed by atoms with E-state index in [0.717, 1.165) is 11.8 Å². The second kappa shape index (κ2) is 5.57. The van der Waals surface area contributed by atoms with Crippen LogP contribution in [0.3, 0.4) is 0 Å². The maximum absolute atomic E-state index is 3.48. The van der Waals surface area contributed by atoms with Gasteiger partial charge in [-0.25, -0.2) is 0 Å². The molecule has 2 heteroatoms. The lowest BCUT2D eigenvalue weighted by atomic mass is 10.1. The molecule has 1 nitrogen and oxygen atoms in total. The number of hydrogen-bond acceptors (Lipinski definition) is 2. The number of thioether (sulfide) groups is 1. The minimum Gasteiger partial charge on any atom is -0.317 e. The van der Waals surface area contributed by atoms with Crippen molar-refractivity contribution in [3.8, 4) is 0 Å². The number of nitrogens with one attached hydrogen (secondary N) is 1. The second-order valence-electron chi connectivity index (χ2n) is 4.09. The molecule has 0 saturated heterocycles. The average Bonchev–Trinajstić information content (AvgIpc) is 2.67. The van der Waals surface area contributed by atoms with Crippen LogP contribution in [0.1, 0.15) is 25.3 Å². The average molecular weight is 221 g/mol. The van der Waals surface area contributed by atoms with E-state index in [1.165, 1.54) is 30.7 Å². The van der Waals surface area contributed by atoms with Gasteiger partial charge < -0.3 is 5.32 Å². The zero-order chi connectivity index (χ0) is 10.5. The van der Waals surface area contributed by atoms with Crippen LogP contribution in [0, 0.1) is 0 Å². The fraction of sp³-hybridized carbons (Fsp3) is 0.538. The Morgan fingerprint density at radius 1 is 1.33 bits per heavy atom. The molecule has 1 atom stereocenters. The summed E-state index contributed by atoms with van der Waals surface area (Å²) in [6.45, 7) is 4.54. The van der Waals surface area contributed by atoms with Crippen LogP contribution in [0.4, 0.5) is 0 Å². The topological polar surface area (TPSA) is 12.0 Å². The quantitative estimate of drug-likeness (QED) is 0.767. The van der Waals surface area contributed by atoms with Crippen LogP contribution in [0.25, 0.3) is 0 Å². The first-order valence-electron chi connectivity index (χ1n) is 5.85. The highest BCUT2D eigenvalue weighted by Gasteiger charge is 2.20. The van der Waals surface area contributed by atoms with Crippen LogP contribution in [0.2, 0.25) is 0 Å². The van der Waals surface area contributed by atoms with Gasteiger partial charge in [0.1, 0.15) is 0 Å². The van der Waals surface area contributed by atoms with Gasteiger partial charge in [-0.2, -0.15) is 0 Å². The molecule has 1 heterocycles. The molecule has 1 unspecified atom stereocenters. The summed E-state index contributed by atoms with van der Waals surface area (Å²) in [5.41, 5.74) is 1.54. The summed E-state index contributed by atoms with van der Waals surface area (Å²) in [5, 5.41) is 4.27. The van der Waals surface area contributed by atoms with Gasteiger partial charge in [0.2, 0.25) is 0 Å². The van der Waals surface area contributed by atoms with E-state index in [2.05, 4.69) is 48.3 Å². The molecule has 2 rings (SSSR count). The summed E-state index contributed by atoms with van der Waals surface area (Å²) in [7, 11) is 0. The first kappa shape index (κ1) is 11.0. The van der Waals surface area contributed by atoms with Gasteiger partial charge in [-0.3, -0.25) is 0 Å². The second-order valence-corrected chi connectivity index (χ2v) is 5.43. The van der Waals surface area contributed by atoms with Crippen molar-refractivity contribution in [1.29, 1.82) is 0 Å². The van der Waals surface area contributed by atoms with Gasteiger partial charge in [0, 0.05) is 10.1 Å². The standard InChI is InChI=1S/C13H19NS/c1-2-8-14-9-7-12-10-11-5-3-4-6-13(11)15-12/h3-6,12,14H,2,7-10H2,1H3. The van der Waals surface area contributed by atoms with Gasteiger partial charge in [-0.1, -0.05) is 25.1 Å². The molecule has 0 bridgehead atoms. The minimum absolute atomic E-state index is 0.798. The van der Waals surface area contributed by atoms with Crippen LogP contribution in [-0.4, -0.2) is 18.3 Å². The maximum atomic E-state index is 3.48. The summed E-state index contributed by atoms with van der Waals surface area (Å²) in [5.74, 6) is 0. The zero-order valence-electron chi connectivity index (χ0n) is 9.33. The molecule has 0 amide bonds. The Hall–Kier alpha value is -0.470. The molecule has 0 aromatic heterocycles. The van der Waals surface area contributed by atoms with Crippen molar-refractivity contribution in [1.82, 2.24) is 5.32 Å². The third kappa shape index (κ3) is 2.99. The van der Waals surface area contributed by atoms with E-state index >= 15 is 0 Å². The highest BCUT2D eigenvalue weighted by atomic mass is 32.2. The molecule has 1 aliphatic heterocycles. The Bertz CT molecular complexity index is 286. The Kier molecular flexibility index (Phi) is 4.09. The highest BCUT2D eigenvalue weighted by molar-refractivity contribution is 8.00. The predicted octanol–water partition coefficient (Wildman–Crippen LogP) is 3.09. The Morgan fingerprint density at radius 2 is 2.20 bits per heavy atom. The lowest BCUT2D eigenvalue weighted by molar-refractivity contribution is 0.627. The van der Waals surface area contributed by atoms with Crippen molar-refractivity contribution in [2.75, 3.05) is 13.1 Å². The highest BCUT2D eigenvalue weighted by Crippen LogP contribution is 2.37. The maximum Gasteiger partial charge on any atom is 0.0147 e. The molecule has 15 heavy (non-hydrogen) atoms. The molecule has 0 spiro atoms. The third-order valence-corrected chi connectivity index (χ3v) is 4.17. The number of benzene rings is 1. The van der Waals surface area contributed by atoms with Crippen molar-refractivity contribution in [3.63, 3.8) is 0 Å². The van der Waals surface area contributed by atoms with Crippen molar-refractivity contribution < 1.29 is 0 Å². The smallest absolute Gasteiger partial charge is 0.0147 e. The molecule has 1 aliphatic rings. The van der Waals surface area contributed by atoms with E-state index in [9.17, 15) is 0 Å². The Labute approximate surface area is 96.7 Å². The molecule has 0 fully saturated rings. The predicted molar refractivity (Wildman–Crippen MR) is 67.6 cm³/mol. The van der Waals surface area contributed by atoms with E-state index in [-0.39, 0.29) is 0 Å². The van der Waals surface area contributed by atoms with Gasteiger partial charge in [0.15, 0.2) is 0 Å². The first-order chi connectivity index (χ1) is 7.40. The molecule has 0 radical (unpaired) electrons. The monoisotopic (exact) mass is 221 g/mol. The largest absolute Gasteiger partial charge is 0.317 e. The van der Waals surface area contributed by atoms with Crippen LogP contribution in [0.5, 0.6) is 0 Å². The van der Waals surface area contributed by atoms with Crippen molar-refractivity contribution >= 4 is 11.8 Å². The van der Waals surface area contributed by atoms with E-state index in [0.29, 0.717) is 0 Å². The van der Waals surface area contributed by atoms with Gasteiger partial charge in [-0.15, -0.1) is 11.8 Å². The molecule has 82 valence electrons. The van der Waals surface area contributed by atoms with Crippen LogP contribution >= 0.6 is 11.8 Å². The van der Waals surface area contributed by atoms with Crippen LogP contribution in [0.15, 0.2) is 29.2 Å². The number of rotatable bonds is 5. The Balaban J connectivity index is 1.76. The first-order valence-corrected chi connectivity index (χ1v) is 6.73. The summed E-state index contributed by atoms with van der Waals surface area (Å²) in [4.78, 5) is 1.50. The summed E-state index contributed by atoms with van der Waals surface area (Å²) in [6.07, 6.45) is 3.78. The summed E-state index contributed by atoms with van der Waals surface area (Å²) >= 11 is 2.05. The molecule has 1 aromatic rings.